The van der Waals surface area contributed by atoms with E-state index >= 15 is 0 Å². The molecule has 3 fully saturated rings. The minimum absolute atomic E-state index is 0.00548. The molecule has 12 atom stereocenters. The van der Waals surface area contributed by atoms with Gasteiger partial charge in [0.2, 0.25) is 5.78 Å². The van der Waals surface area contributed by atoms with E-state index in [-0.39, 0.29) is 89.2 Å². The number of nitrogens with two attached hydrogens (primary N) is 1. The third kappa shape index (κ3) is 18.9. The number of ketones is 2. The highest BCUT2D eigenvalue weighted by molar-refractivity contribution is 6.31. The lowest BCUT2D eigenvalue weighted by atomic mass is 9.51. The number of fused-ring (bicyclic) bond motifs is 8. The lowest BCUT2D eigenvalue weighted by molar-refractivity contribution is -0.242. The number of aliphatic hydroxyl groups is 3. The van der Waals surface area contributed by atoms with E-state index in [4.69, 9.17) is 62.6 Å². The zero-order valence-electron chi connectivity index (χ0n) is 61.9. The van der Waals surface area contributed by atoms with Crippen molar-refractivity contribution < 1.29 is 102 Å². The standard InChI is InChI=1S/C80H103N7O21/c1-48-74(91)63(81)43-68(107-48)108-66-42-52(41-60-71(66)78(95)73-72(76(60)93)75(92)59-6-5-7-65(97-4)70(59)77(73)94)64(46-88)83-84-79(96)50-10-16-56(17-11-50)106-39-38-103-35-34-101-32-33-102-36-37-104-47-53-45-87(85-82-53)24-26-99-29-31-100-30-28-98-25-22-86(3)23-27-105-55-14-8-49(9-15-55)61-44-80(2)62(20-21-67(80)90)58-18-12-51-40-54(89)13-19-57(51)69(58)61/h5-11,13-17,19,40,45,48,52,58,61-63,66-69,74,88-91,93,95H,12,18,20-39,41-44,46-47,81H2,1-4H3,(H,84,96)/b83-64-/t48-,52?,58?,61+,62?,63-,66-,67-,68-,69?,74+,80-/m0/s1. The molecule has 584 valence electrons. The summed E-state index contributed by atoms with van der Waals surface area (Å²) in [4.78, 5) is 43.8. The summed E-state index contributed by atoms with van der Waals surface area (Å²) in [5, 5.41) is 79.3. The van der Waals surface area contributed by atoms with E-state index in [9.17, 15) is 45.0 Å². The number of amides is 1. The van der Waals surface area contributed by atoms with Crippen LogP contribution in [0.15, 0.2) is 96.2 Å². The molecule has 2 heterocycles. The van der Waals surface area contributed by atoms with E-state index in [1.165, 1.54) is 42.0 Å². The number of ether oxygens (including phenoxy) is 12. The van der Waals surface area contributed by atoms with Gasteiger partial charge < -0.3 is 98.1 Å². The molecule has 1 aliphatic heterocycles. The average molecular weight is 1500 g/mol. The number of likely N-dealkylation sites (N-methyl/N-ethyl adjacent to an activating group) is 1. The van der Waals surface area contributed by atoms with Gasteiger partial charge in [-0.05, 0) is 159 Å². The van der Waals surface area contributed by atoms with Crippen molar-refractivity contribution in [3.63, 3.8) is 0 Å². The zero-order chi connectivity index (χ0) is 75.8. The highest BCUT2D eigenvalue weighted by Crippen LogP contribution is 2.65. The van der Waals surface area contributed by atoms with Crippen LogP contribution in [0.25, 0.3) is 0 Å². The van der Waals surface area contributed by atoms with E-state index in [1.807, 2.05) is 18.3 Å². The number of benzene rings is 5. The monoisotopic (exact) mass is 1500 g/mol. The number of hydrogen-bond donors (Lipinski definition) is 8. The number of hydrazone groups is 1. The Balaban J connectivity index is 0.459. The van der Waals surface area contributed by atoms with Gasteiger partial charge in [-0.1, -0.05) is 42.5 Å². The zero-order valence-corrected chi connectivity index (χ0v) is 61.9. The average Bonchev–Trinajstić information content (AvgIpc) is 1.00. The molecule has 28 nitrogen and oxygen atoms in total. The third-order valence-electron chi connectivity index (χ3n) is 22.1. The molecule has 0 radical (unpaired) electrons. The highest BCUT2D eigenvalue weighted by atomic mass is 16.7. The van der Waals surface area contributed by atoms with Crippen LogP contribution < -0.4 is 25.4 Å². The van der Waals surface area contributed by atoms with Crippen molar-refractivity contribution in [3.05, 3.63) is 152 Å². The quantitative estimate of drug-likeness (QED) is 0.00858. The minimum Gasteiger partial charge on any atom is -0.508 e. The molecule has 1 aromatic heterocycles. The van der Waals surface area contributed by atoms with E-state index in [2.05, 4.69) is 70.0 Å². The van der Waals surface area contributed by atoms with Gasteiger partial charge in [-0.15, -0.1) is 5.10 Å². The maximum Gasteiger partial charge on any atom is 0.271 e. The van der Waals surface area contributed by atoms with Crippen molar-refractivity contribution in [1.29, 1.82) is 0 Å². The van der Waals surface area contributed by atoms with E-state index in [0.717, 1.165) is 50.9 Å². The van der Waals surface area contributed by atoms with E-state index < -0.39 is 83.3 Å². The Morgan fingerprint density at radius 2 is 1.40 bits per heavy atom. The summed E-state index contributed by atoms with van der Waals surface area (Å²) in [5.41, 5.74) is 12.8. The van der Waals surface area contributed by atoms with Gasteiger partial charge in [0, 0.05) is 53.7 Å². The van der Waals surface area contributed by atoms with Crippen LogP contribution in [0, 0.1) is 23.2 Å². The number of carbonyl (C=O) groups is 3. The Labute approximate surface area is 628 Å². The molecule has 1 saturated heterocycles. The molecule has 6 aromatic rings. The van der Waals surface area contributed by atoms with Crippen molar-refractivity contribution in [3.8, 4) is 34.5 Å². The Morgan fingerprint density at radius 1 is 0.750 bits per heavy atom. The van der Waals surface area contributed by atoms with Crippen molar-refractivity contribution in [2.75, 3.05) is 133 Å². The van der Waals surface area contributed by atoms with Crippen LogP contribution in [0.5, 0.6) is 34.5 Å². The first-order valence-corrected chi connectivity index (χ1v) is 37.6. The predicted molar refractivity (Wildman–Crippen MR) is 393 cm³/mol. The van der Waals surface area contributed by atoms with Gasteiger partial charge in [-0.2, -0.15) is 5.10 Å². The van der Waals surface area contributed by atoms with Crippen molar-refractivity contribution >= 4 is 23.2 Å². The normalized spacial score (nSPS) is 24.3. The SMILES string of the molecule is COc1cccc2c1C(=O)c1c(O)c3c(c(O)c1C2=O)CC(/C(CO)=N\NC(=O)c1ccc(OCCOCCOCCOCCOCc2cn(CCOCCOCCOCCN(C)CCOc4ccc([C@H]5C[C@@]6(C)C(CC[C@@H]6O)C6CCc7cc(O)ccc7C65)cc4)nn2)cc1)C[C@@H]3O[C@H]1C[C@H](N)[C@H](O)[C@H](C)O1. The van der Waals surface area contributed by atoms with Gasteiger partial charge >= 0.3 is 0 Å². The van der Waals surface area contributed by atoms with Gasteiger partial charge in [-0.25, -0.2) is 10.1 Å². The molecular formula is C80H103N7O21. The number of carbonyl (C=O) groups excluding carboxylic acids is 3. The molecule has 2 saturated carbocycles. The van der Waals surface area contributed by atoms with Crippen LogP contribution in [0.3, 0.4) is 0 Å². The second-order valence-corrected chi connectivity index (χ2v) is 28.9. The fraction of sp³-hybridized carbons (Fsp3) is 0.550. The molecule has 4 unspecified atom stereocenters. The van der Waals surface area contributed by atoms with Crippen LogP contribution in [0.2, 0.25) is 0 Å². The van der Waals surface area contributed by atoms with Crippen LogP contribution in [-0.4, -0.2) is 237 Å². The van der Waals surface area contributed by atoms with Crippen molar-refractivity contribution in [1.82, 2.24) is 25.3 Å². The number of aryl methyl sites for hydroxylation is 1. The highest BCUT2D eigenvalue weighted by Gasteiger charge is 2.58. The lowest BCUT2D eigenvalue weighted by Crippen LogP contribution is -2.52. The summed E-state index contributed by atoms with van der Waals surface area (Å²) in [6.45, 7) is 11.9. The van der Waals surface area contributed by atoms with Gasteiger partial charge in [0.15, 0.2) is 12.1 Å². The maximum absolute atomic E-state index is 14.1. The van der Waals surface area contributed by atoms with Gasteiger partial charge in [0.05, 0.1) is 166 Å². The largest absolute Gasteiger partial charge is 0.508 e. The Hall–Kier alpha value is -8.04. The van der Waals surface area contributed by atoms with Crippen LogP contribution in [0.1, 0.15) is 146 Å². The number of phenols is 3. The van der Waals surface area contributed by atoms with Crippen LogP contribution in [-0.2, 0) is 68.6 Å². The van der Waals surface area contributed by atoms with Crippen molar-refractivity contribution in [2.45, 2.75) is 127 Å². The fourth-order valence-corrected chi connectivity index (χ4v) is 16.5. The number of phenolic OH excluding ortho intramolecular Hbond substituents is 3. The first-order chi connectivity index (χ1) is 52.4. The molecular weight excluding hydrogens is 1390 g/mol. The number of hydrogen-bond acceptors (Lipinski definition) is 26. The molecule has 1 amide bonds. The Bertz CT molecular complexity index is 4020. The second-order valence-electron chi connectivity index (χ2n) is 28.9. The minimum atomic E-state index is -1.13. The third-order valence-corrected chi connectivity index (χ3v) is 22.1. The first kappa shape index (κ1) is 79.5. The molecule has 12 rings (SSSR count). The summed E-state index contributed by atoms with van der Waals surface area (Å²) in [5.74, 6) is -0.448. The number of aromatic hydroxyl groups is 3. The van der Waals surface area contributed by atoms with Crippen LogP contribution >= 0.6 is 0 Å². The van der Waals surface area contributed by atoms with Crippen molar-refractivity contribution in [2.24, 2.45) is 34.0 Å². The maximum atomic E-state index is 14.1. The number of nitrogens with one attached hydrogen (secondary N) is 1. The molecule has 5 aliphatic carbocycles. The predicted octanol–water partition coefficient (Wildman–Crippen LogP) is 6.72. The van der Waals surface area contributed by atoms with E-state index in [0.29, 0.717) is 134 Å². The summed E-state index contributed by atoms with van der Waals surface area (Å²) < 4.78 is 71.3. The molecule has 0 bridgehead atoms. The van der Waals surface area contributed by atoms with Gasteiger partial charge in [0.1, 0.15) is 53.4 Å². The smallest absolute Gasteiger partial charge is 0.271 e. The van der Waals surface area contributed by atoms with Gasteiger partial charge in [0.25, 0.3) is 5.91 Å². The van der Waals surface area contributed by atoms with Crippen LogP contribution in [0.4, 0.5) is 0 Å². The Kier molecular flexibility index (Phi) is 27.7. The number of aliphatic hydroxyl groups excluding tert-OH is 3. The van der Waals surface area contributed by atoms with Gasteiger partial charge in [-0.3, -0.25) is 14.4 Å². The topological polar surface area (TPSA) is 368 Å². The second kappa shape index (κ2) is 37.6. The number of methoxy groups -OCH3 is 1. The first-order valence-electron chi connectivity index (χ1n) is 37.6. The number of aromatic nitrogens is 3. The molecule has 9 N–H and O–H groups in total. The molecule has 5 aromatic carbocycles. The van der Waals surface area contributed by atoms with E-state index in [1.54, 1.807) is 35.9 Å². The number of rotatable bonds is 39. The molecule has 28 heteroatoms. The Morgan fingerprint density at radius 3 is 2.09 bits per heavy atom. The molecule has 6 aliphatic rings. The fourth-order valence-electron chi connectivity index (χ4n) is 16.5. The lowest BCUT2D eigenvalue weighted by Gasteiger charge is -2.54. The summed E-state index contributed by atoms with van der Waals surface area (Å²) in [6.07, 6.45) is 2.68. The summed E-state index contributed by atoms with van der Waals surface area (Å²) >= 11 is 0. The summed E-state index contributed by atoms with van der Waals surface area (Å²) in [7, 11) is 3.41. The molecule has 108 heavy (non-hydrogen) atoms. The number of nitrogens with zero attached hydrogens (tertiary/aromatic N) is 5. The molecule has 0 spiro atoms. The summed E-state index contributed by atoms with van der Waals surface area (Å²) in [6, 6.07) is 24.7.